The average molecular weight is 299 g/mol. The molecule has 0 radical (unpaired) electrons. The molecule has 1 saturated heterocycles. The van der Waals surface area contributed by atoms with Gasteiger partial charge in [-0.05, 0) is 36.8 Å². The van der Waals surface area contributed by atoms with Crippen molar-refractivity contribution in [2.24, 2.45) is 5.92 Å². The summed E-state index contributed by atoms with van der Waals surface area (Å²) in [6.07, 6.45) is 7.61. The minimum atomic E-state index is -0.0145. The monoisotopic (exact) mass is 299 g/mol. The molecule has 2 aromatic heterocycles. The maximum atomic E-state index is 12.5. The highest BCUT2D eigenvalue weighted by molar-refractivity contribution is 5.92. The summed E-state index contributed by atoms with van der Waals surface area (Å²) in [7, 11) is 0. The van der Waals surface area contributed by atoms with E-state index in [4.69, 9.17) is 4.52 Å². The minimum Gasteiger partial charge on any atom is -0.361 e. The van der Waals surface area contributed by atoms with Gasteiger partial charge in [0, 0.05) is 38.0 Å². The molecule has 1 atom stereocenters. The molecule has 3 heterocycles. The molecule has 5 nitrogen and oxygen atoms in total. The number of aromatic nitrogens is 2. The first-order chi connectivity index (χ1) is 10.8. The van der Waals surface area contributed by atoms with Gasteiger partial charge in [-0.15, -0.1) is 0 Å². The van der Waals surface area contributed by atoms with Crippen molar-refractivity contribution < 1.29 is 9.32 Å². The summed E-state index contributed by atoms with van der Waals surface area (Å²) >= 11 is 0. The molecule has 3 rings (SSSR count). The number of aryl methyl sites for hydroxylation is 1. The van der Waals surface area contributed by atoms with E-state index in [2.05, 4.69) is 16.2 Å². The predicted octanol–water partition coefficient (Wildman–Crippen LogP) is 2.73. The van der Waals surface area contributed by atoms with Crippen LogP contribution in [0.3, 0.4) is 0 Å². The highest BCUT2D eigenvalue weighted by Crippen LogP contribution is 2.22. The molecular formula is C17H21N3O2. The van der Waals surface area contributed by atoms with E-state index in [0.717, 1.165) is 44.5 Å². The van der Waals surface area contributed by atoms with Gasteiger partial charge in [0.25, 0.3) is 5.91 Å². The van der Waals surface area contributed by atoms with Crippen molar-refractivity contribution >= 4 is 5.91 Å². The van der Waals surface area contributed by atoms with Crippen LogP contribution >= 0.6 is 0 Å². The summed E-state index contributed by atoms with van der Waals surface area (Å²) in [6.45, 7) is 3.57. The van der Waals surface area contributed by atoms with Gasteiger partial charge in [-0.3, -0.25) is 9.78 Å². The summed E-state index contributed by atoms with van der Waals surface area (Å²) in [5.41, 5.74) is 1.66. The Morgan fingerprint density at radius 1 is 1.50 bits per heavy atom. The average Bonchev–Trinajstić information content (AvgIpc) is 3.04. The van der Waals surface area contributed by atoms with Gasteiger partial charge < -0.3 is 9.42 Å². The lowest BCUT2D eigenvalue weighted by Crippen LogP contribution is -2.40. The van der Waals surface area contributed by atoms with Crippen LogP contribution in [0.1, 0.15) is 41.6 Å². The van der Waals surface area contributed by atoms with E-state index in [1.807, 2.05) is 24.1 Å². The maximum Gasteiger partial charge on any atom is 0.276 e. The Morgan fingerprint density at radius 3 is 3.14 bits per heavy atom. The van der Waals surface area contributed by atoms with Gasteiger partial charge in [-0.1, -0.05) is 18.1 Å². The molecule has 0 spiro atoms. The molecule has 0 N–H and O–H groups in total. The van der Waals surface area contributed by atoms with E-state index >= 15 is 0 Å². The van der Waals surface area contributed by atoms with Gasteiger partial charge in [-0.2, -0.15) is 0 Å². The summed E-state index contributed by atoms with van der Waals surface area (Å²) in [5, 5.41) is 3.89. The van der Waals surface area contributed by atoms with E-state index in [0.29, 0.717) is 11.6 Å². The Hall–Kier alpha value is -2.17. The standard InChI is InChI=1S/C17H21N3O2/c1-2-15-10-16(19-22-15)17(21)20-8-4-6-14(12-20)9-13-5-3-7-18-11-13/h3,5,7,10-11,14H,2,4,6,8-9,12H2,1H3. The smallest absolute Gasteiger partial charge is 0.276 e. The molecule has 0 saturated carbocycles. The summed E-state index contributed by atoms with van der Waals surface area (Å²) in [5.74, 6) is 1.23. The van der Waals surface area contributed by atoms with Gasteiger partial charge in [0.05, 0.1) is 0 Å². The van der Waals surface area contributed by atoms with Crippen molar-refractivity contribution in [3.05, 3.63) is 47.6 Å². The van der Waals surface area contributed by atoms with Gasteiger partial charge in [0.15, 0.2) is 5.69 Å². The number of amides is 1. The number of hydrogen-bond acceptors (Lipinski definition) is 4. The second-order valence-electron chi connectivity index (χ2n) is 5.86. The van der Waals surface area contributed by atoms with E-state index in [9.17, 15) is 4.79 Å². The Kier molecular flexibility index (Phi) is 4.51. The Morgan fingerprint density at radius 2 is 2.41 bits per heavy atom. The molecule has 1 aliphatic rings. The Labute approximate surface area is 130 Å². The number of carbonyl (C=O) groups is 1. The normalized spacial score (nSPS) is 18.4. The molecule has 1 unspecified atom stereocenters. The van der Waals surface area contributed by atoms with Crippen LogP contribution in [-0.4, -0.2) is 34.0 Å². The fourth-order valence-corrected chi connectivity index (χ4v) is 3.01. The second-order valence-corrected chi connectivity index (χ2v) is 5.86. The molecule has 0 aliphatic carbocycles. The zero-order valence-electron chi connectivity index (χ0n) is 12.9. The third-order valence-corrected chi connectivity index (χ3v) is 4.18. The van der Waals surface area contributed by atoms with Crippen LogP contribution in [0.15, 0.2) is 35.1 Å². The number of nitrogens with zero attached hydrogens (tertiary/aromatic N) is 3. The van der Waals surface area contributed by atoms with Crippen LogP contribution < -0.4 is 0 Å². The SMILES string of the molecule is CCc1cc(C(=O)N2CCCC(Cc3cccnc3)C2)no1. The van der Waals surface area contributed by atoms with Crippen LogP contribution in [0.5, 0.6) is 0 Å². The first kappa shape index (κ1) is 14.8. The van der Waals surface area contributed by atoms with E-state index in [1.165, 1.54) is 5.56 Å². The van der Waals surface area contributed by atoms with Crippen LogP contribution in [0.4, 0.5) is 0 Å². The van der Waals surface area contributed by atoms with Crippen molar-refractivity contribution in [3.8, 4) is 0 Å². The van der Waals surface area contributed by atoms with Gasteiger partial charge in [-0.25, -0.2) is 0 Å². The molecular weight excluding hydrogens is 278 g/mol. The Balaban J connectivity index is 1.63. The van der Waals surface area contributed by atoms with Crippen LogP contribution in [0, 0.1) is 5.92 Å². The molecule has 22 heavy (non-hydrogen) atoms. The number of likely N-dealkylation sites (tertiary alicyclic amines) is 1. The summed E-state index contributed by atoms with van der Waals surface area (Å²) in [4.78, 5) is 18.6. The number of carbonyl (C=O) groups excluding carboxylic acids is 1. The molecule has 1 amide bonds. The summed E-state index contributed by atoms with van der Waals surface area (Å²) < 4.78 is 5.14. The third-order valence-electron chi connectivity index (χ3n) is 4.18. The van der Waals surface area contributed by atoms with Crippen LogP contribution in [0.2, 0.25) is 0 Å². The van der Waals surface area contributed by atoms with Crippen molar-refractivity contribution in [2.45, 2.75) is 32.6 Å². The lowest BCUT2D eigenvalue weighted by atomic mass is 9.92. The van der Waals surface area contributed by atoms with Crippen LogP contribution in [0.25, 0.3) is 0 Å². The van der Waals surface area contributed by atoms with Gasteiger partial charge >= 0.3 is 0 Å². The topological polar surface area (TPSA) is 59.2 Å². The highest BCUT2D eigenvalue weighted by Gasteiger charge is 2.26. The zero-order chi connectivity index (χ0) is 15.4. The molecule has 1 fully saturated rings. The number of pyridine rings is 1. The molecule has 5 heteroatoms. The second kappa shape index (κ2) is 6.73. The van der Waals surface area contributed by atoms with Gasteiger partial charge in [0.1, 0.15) is 5.76 Å². The minimum absolute atomic E-state index is 0.0145. The lowest BCUT2D eigenvalue weighted by molar-refractivity contribution is 0.0663. The van der Waals surface area contributed by atoms with Gasteiger partial charge in [0.2, 0.25) is 0 Å². The lowest BCUT2D eigenvalue weighted by Gasteiger charge is -2.32. The van der Waals surface area contributed by atoms with E-state index in [-0.39, 0.29) is 5.91 Å². The molecule has 1 aliphatic heterocycles. The quantitative estimate of drug-likeness (QED) is 0.871. The highest BCUT2D eigenvalue weighted by atomic mass is 16.5. The predicted molar refractivity (Wildman–Crippen MR) is 82.4 cm³/mol. The van der Waals surface area contributed by atoms with E-state index < -0.39 is 0 Å². The maximum absolute atomic E-state index is 12.5. The fourth-order valence-electron chi connectivity index (χ4n) is 3.01. The number of hydrogen-bond donors (Lipinski definition) is 0. The molecule has 2 aromatic rings. The molecule has 116 valence electrons. The van der Waals surface area contributed by atoms with Crippen LogP contribution in [-0.2, 0) is 12.8 Å². The third kappa shape index (κ3) is 3.35. The van der Waals surface area contributed by atoms with Crippen molar-refractivity contribution in [1.82, 2.24) is 15.0 Å². The first-order valence-electron chi connectivity index (χ1n) is 7.90. The summed E-state index contributed by atoms with van der Waals surface area (Å²) in [6, 6.07) is 5.81. The first-order valence-corrected chi connectivity index (χ1v) is 7.90. The van der Waals surface area contributed by atoms with Crippen molar-refractivity contribution in [3.63, 3.8) is 0 Å². The number of rotatable bonds is 4. The fraction of sp³-hybridized carbons (Fsp3) is 0.471. The zero-order valence-corrected chi connectivity index (χ0v) is 12.9. The van der Waals surface area contributed by atoms with Crippen molar-refractivity contribution in [1.29, 1.82) is 0 Å². The van der Waals surface area contributed by atoms with Crippen molar-refractivity contribution in [2.75, 3.05) is 13.1 Å². The van der Waals surface area contributed by atoms with E-state index in [1.54, 1.807) is 12.3 Å². The molecule has 0 bridgehead atoms. The largest absolute Gasteiger partial charge is 0.361 e. The Bertz CT molecular complexity index is 624. The molecule has 0 aromatic carbocycles. The number of piperidine rings is 1.